The average molecular weight is 375 g/mol. The molecule has 2 aromatic rings. The first-order valence-corrected chi connectivity index (χ1v) is 9.47. The molecular formula is C20H19F2NO2S. The molecule has 0 bridgehead atoms. The van der Waals surface area contributed by atoms with Crippen LogP contribution in [0.4, 0.5) is 8.78 Å². The summed E-state index contributed by atoms with van der Waals surface area (Å²) in [5.41, 5.74) is 1.91. The number of phenols is 1. The van der Waals surface area contributed by atoms with Gasteiger partial charge in [-0.25, -0.2) is 8.78 Å². The van der Waals surface area contributed by atoms with Crippen molar-refractivity contribution in [2.24, 2.45) is 5.16 Å². The molecule has 0 fully saturated rings. The van der Waals surface area contributed by atoms with Gasteiger partial charge < -0.3 is 9.94 Å². The van der Waals surface area contributed by atoms with Crippen LogP contribution in [0.3, 0.4) is 0 Å². The van der Waals surface area contributed by atoms with E-state index >= 15 is 0 Å². The minimum Gasteiger partial charge on any atom is -0.508 e. The molecule has 26 heavy (non-hydrogen) atoms. The van der Waals surface area contributed by atoms with Gasteiger partial charge in [-0.15, -0.1) is 6.58 Å². The van der Waals surface area contributed by atoms with E-state index in [1.54, 1.807) is 36.0 Å². The topological polar surface area (TPSA) is 41.8 Å². The van der Waals surface area contributed by atoms with Crippen LogP contribution in [0.15, 0.2) is 54.2 Å². The van der Waals surface area contributed by atoms with Crippen LogP contribution in [0.2, 0.25) is 0 Å². The summed E-state index contributed by atoms with van der Waals surface area (Å²) >= 11 is 1.72. The lowest BCUT2D eigenvalue weighted by atomic mass is 9.98. The molecule has 136 valence electrons. The molecule has 2 aromatic carbocycles. The number of thioether (sulfide) groups is 1. The summed E-state index contributed by atoms with van der Waals surface area (Å²) < 4.78 is 28.0. The summed E-state index contributed by atoms with van der Waals surface area (Å²) in [5.74, 6) is -2.04. The first-order valence-electron chi connectivity index (χ1n) is 8.18. The van der Waals surface area contributed by atoms with Crippen molar-refractivity contribution < 1.29 is 18.7 Å². The van der Waals surface area contributed by atoms with Crippen LogP contribution in [0.25, 0.3) is 11.1 Å². The Kier molecular flexibility index (Phi) is 5.61. The van der Waals surface area contributed by atoms with E-state index in [-0.39, 0.29) is 11.7 Å². The number of nitrogens with zero attached hydrogens (tertiary/aromatic N) is 1. The molecule has 1 N–H and O–H groups in total. The quantitative estimate of drug-likeness (QED) is 0.711. The summed E-state index contributed by atoms with van der Waals surface area (Å²) in [7, 11) is 0. The third kappa shape index (κ3) is 3.90. The first-order chi connectivity index (χ1) is 12.5. The molecule has 0 saturated carbocycles. The lowest BCUT2D eigenvalue weighted by Gasteiger charge is -2.13. The highest BCUT2D eigenvalue weighted by Gasteiger charge is 2.24. The second-order valence-corrected chi connectivity index (χ2v) is 7.15. The zero-order valence-electron chi connectivity index (χ0n) is 14.3. The Balaban J connectivity index is 1.74. The number of phenolic OH excluding ortho intramolecular Hbond substituents is 1. The smallest absolute Gasteiger partial charge is 0.137 e. The van der Waals surface area contributed by atoms with E-state index in [0.717, 1.165) is 29.8 Å². The highest BCUT2D eigenvalue weighted by Crippen LogP contribution is 2.30. The molecule has 3 rings (SSSR count). The number of benzene rings is 2. The minimum absolute atomic E-state index is 0.00659. The van der Waals surface area contributed by atoms with Crippen LogP contribution in [0, 0.1) is 11.6 Å². The molecular weight excluding hydrogens is 356 g/mol. The van der Waals surface area contributed by atoms with Gasteiger partial charge in [-0.05, 0) is 17.4 Å². The molecule has 2 atom stereocenters. The lowest BCUT2D eigenvalue weighted by molar-refractivity contribution is 0.0809. The van der Waals surface area contributed by atoms with Gasteiger partial charge in [0.1, 0.15) is 23.5 Å². The molecule has 0 aliphatic carbocycles. The first kappa shape index (κ1) is 18.5. The normalized spacial score (nSPS) is 17.5. The molecule has 2 unspecified atom stereocenters. The Bertz CT molecular complexity index is 813. The fraction of sp³-hybridized carbons (Fsp3) is 0.250. The van der Waals surface area contributed by atoms with Crippen molar-refractivity contribution in [2.45, 2.75) is 24.2 Å². The Morgan fingerprint density at radius 2 is 1.88 bits per heavy atom. The van der Waals surface area contributed by atoms with E-state index in [1.165, 1.54) is 0 Å². The van der Waals surface area contributed by atoms with Crippen LogP contribution in [0.1, 0.15) is 18.4 Å². The molecule has 0 radical (unpaired) electrons. The Morgan fingerprint density at radius 3 is 2.46 bits per heavy atom. The zero-order valence-corrected chi connectivity index (χ0v) is 15.1. The lowest BCUT2D eigenvalue weighted by Crippen LogP contribution is -2.14. The fourth-order valence-corrected chi connectivity index (χ4v) is 3.54. The van der Waals surface area contributed by atoms with Crippen LogP contribution < -0.4 is 0 Å². The van der Waals surface area contributed by atoms with Crippen LogP contribution >= 0.6 is 11.8 Å². The molecule has 1 aliphatic heterocycles. The standard InChI is InChI=1S/C20H19F2NO2S/c1-3-16(26-2)10-15-11-19(23-25-15)12-4-6-13(7-5-12)20-17(21)8-14(24)9-18(20)22/h3-9,15-16,24H,1,10-11H2,2H3. The van der Waals surface area contributed by atoms with E-state index in [1.807, 2.05) is 12.3 Å². The monoisotopic (exact) mass is 375 g/mol. The number of rotatable bonds is 6. The van der Waals surface area contributed by atoms with Gasteiger partial charge in [0.2, 0.25) is 0 Å². The van der Waals surface area contributed by atoms with E-state index in [2.05, 4.69) is 11.7 Å². The molecule has 1 heterocycles. The highest BCUT2D eigenvalue weighted by molar-refractivity contribution is 7.99. The fourth-order valence-electron chi connectivity index (χ4n) is 2.94. The van der Waals surface area contributed by atoms with Crippen LogP contribution in [0.5, 0.6) is 5.75 Å². The largest absolute Gasteiger partial charge is 0.508 e. The van der Waals surface area contributed by atoms with Gasteiger partial charge in [-0.2, -0.15) is 11.8 Å². The molecule has 0 aromatic heterocycles. The highest BCUT2D eigenvalue weighted by atomic mass is 32.2. The maximum absolute atomic E-state index is 14.0. The zero-order chi connectivity index (χ0) is 18.7. The molecule has 3 nitrogen and oxygen atoms in total. The third-order valence-electron chi connectivity index (χ3n) is 4.33. The van der Waals surface area contributed by atoms with Crippen molar-refractivity contribution in [3.8, 4) is 16.9 Å². The van der Waals surface area contributed by atoms with Crippen molar-refractivity contribution >= 4 is 17.5 Å². The molecule has 0 amide bonds. The Labute approximate surface area is 155 Å². The number of halogens is 2. The summed E-state index contributed by atoms with van der Waals surface area (Å²) in [6, 6.07) is 8.61. The third-order valence-corrected chi connectivity index (χ3v) is 5.32. The molecule has 0 saturated heterocycles. The predicted molar refractivity (Wildman–Crippen MR) is 102 cm³/mol. The number of hydrogen-bond donors (Lipinski definition) is 1. The van der Waals surface area contributed by atoms with E-state index < -0.39 is 17.4 Å². The second kappa shape index (κ2) is 7.91. The van der Waals surface area contributed by atoms with E-state index in [9.17, 15) is 13.9 Å². The summed E-state index contributed by atoms with van der Waals surface area (Å²) in [5, 5.41) is 13.7. The van der Waals surface area contributed by atoms with Gasteiger partial charge in [0.15, 0.2) is 0 Å². The van der Waals surface area contributed by atoms with Gasteiger partial charge in [0, 0.05) is 30.2 Å². The van der Waals surface area contributed by atoms with Crippen molar-refractivity contribution in [2.75, 3.05) is 6.26 Å². The van der Waals surface area contributed by atoms with Crippen LogP contribution in [-0.4, -0.2) is 28.4 Å². The number of oxime groups is 1. The molecule has 0 spiro atoms. The minimum atomic E-state index is -0.801. The van der Waals surface area contributed by atoms with Gasteiger partial charge in [0.05, 0.1) is 11.3 Å². The van der Waals surface area contributed by atoms with Crippen molar-refractivity contribution in [3.63, 3.8) is 0 Å². The maximum Gasteiger partial charge on any atom is 0.137 e. The second-order valence-electron chi connectivity index (χ2n) is 6.08. The number of hydrogen-bond acceptors (Lipinski definition) is 4. The van der Waals surface area contributed by atoms with Gasteiger partial charge in [-0.3, -0.25) is 0 Å². The molecule has 1 aliphatic rings. The van der Waals surface area contributed by atoms with Crippen LogP contribution in [-0.2, 0) is 4.84 Å². The summed E-state index contributed by atoms with van der Waals surface area (Å²) in [4.78, 5) is 5.50. The number of aromatic hydroxyl groups is 1. The van der Waals surface area contributed by atoms with Crippen molar-refractivity contribution in [3.05, 3.63) is 66.3 Å². The maximum atomic E-state index is 14.0. The Hall–Kier alpha value is -2.34. The molecule has 6 heteroatoms. The summed E-state index contributed by atoms with van der Waals surface area (Å²) in [6.07, 6.45) is 5.46. The average Bonchev–Trinajstić information content (AvgIpc) is 3.08. The van der Waals surface area contributed by atoms with Crippen molar-refractivity contribution in [1.82, 2.24) is 0 Å². The van der Waals surface area contributed by atoms with Gasteiger partial charge in [-0.1, -0.05) is 35.5 Å². The Morgan fingerprint density at radius 1 is 1.27 bits per heavy atom. The van der Waals surface area contributed by atoms with Gasteiger partial charge in [0.25, 0.3) is 0 Å². The predicted octanol–water partition coefficient (Wildman–Crippen LogP) is 5.14. The van der Waals surface area contributed by atoms with Gasteiger partial charge >= 0.3 is 0 Å². The van der Waals surface area contributed by atoms with E-state index in [0.29, 0.717) is 17.2 Å². The van der Waals surface area contributed by atoms with E-state index in [4.69, 9.17) is 4.84 Å². The summed E-state index contributed by atoms with van der Waals surface area (Å²) in [6.45, 7) is 3.82. The SMILES string of the molecule is C=CC(CC1CC(c2ccc(-c3c(F)cc(O)cc3F)cc2)=NO1)SC. The van der Waals surface area contributed by atoms with Crippen molar-refractivity contribution in [1.29, 1.82) is 0 Å².